The van der Waals surface area contributed by atoms with E-state index in [1.54, 1.807) is 11.0 Å². The van der Waals surface area contributed by atoms with E-state index in [2.05, 4.69) is 33.1 Å². The fourth-order valence-corrected chi connectivity index (χ4v) is 5.21. The number of hydrogen-bond donors (Lipinski definition) is 0. The Balaban J connectivity index is 1.36. The van der Waals surface area contributed by atoms with Crippen LogP contribution in [-0.2, 0) is 17.5 Å². The maximum absolute atomic E-state index is 13.6. The lowest BCUT2D eigenvalue weighted by atomic mass is 9.99. The highest BCUT2D eigenvalue weighted by Crippen LogP contribution is 2.37. The van der Waals surface area contributed by atoms with Gasteiger partial charge in [-0.15, -0.1) is 0 Å². The highest BCUT2D eigenvalue weighted by molar-refractivity contribution is 5.98. The number of piperazine rings is 1. The fourth-order valence-electron chi connectivity index (χ4n) is 5.21. The molecule has 3 heterocycles. The van der Waals surface area contributed by atoms with Gasteiger partial charge in [-0.2, -0.15) is 23.5 Å². The summed E-state index contributed by atoms with van der Waals surface area (Å²) in [5.41, 5.74) is 2.30. The maximum atomic E-state index is 13.6. The average Bonchev–Trinajstić information content (AvgIpc) is 3.37. The van der Waals surface area contributed by atoms with Gasteiger partial charge in [0, 0.05) is 38.3 Å². The number of benzene rings is 2. The second-order valence-corrected chi connectivity index (χ2v) is 9.81. The van der Waals surface area contributed by atoms with E-state index in [-0.39, 0.29) is 24.6 Å². The Hall–Kier alpha value is -3.94. The second kappa shape index (κ2) is 11.0. The van der Waals surface area contributed by atoms with Crippen molar-refractivity contribution in [3.8, 4) is 6.07 Å². The number of anilines is 1. The first-order valence-electron chi connectivity index (χ1n) is 13.0. The predicted octanol–water partition coefficient (Wildman–Crippen LogP) is 4.61. The highest BCUT2D eigenvalue weighted by Gasteiger charge is 2.35. The van der Waals surface area contributed by atoms with Gasteiger partial charge in [-0.3, -0.25) is 19.5 Å². The van der Waals surface area contributed by atoms with Gasteiger partial charge >= 0.3 is 6.18 Å². The molecule has 0 aliphatic carbocycles. The minimum absolute atomic E-state index is 0.168. The van der Waals surface area contributed by atoms with Crippen LogP contribution < -0.4 is 4.90 Å². The van der Waals surface area contributed by atoms with E-state index in [4.69, 9.17) is 0 Å². The summed E-state index contributed by atoms with van der Waals surface area (Å²) in [4.78, 5) is 19.6. The third-order valence-corrected chi connectivity index (χ3v) is 7.28. The molecule has 0 N–H and O–H groups in total. The van der Waals surface area contributed by atoms with Crippen molar-refractivity contribution < 1.29 is 18.0 Å². The van der Waals surface area contributed by atoms with Crippen molar-refractivity contribution in [1.29, 1.82) is 5.26 Å². The number of aromatic nitrogens is 2. The summed E-state index contributed by atoms with van der Waals surface area (Å²) in [7, 11) is 0. The van der Waals surface area contributed by atoms with Crippen LogP contribution in [0.2, 0.25) is 0 Å². The molecule has 1 amide bonds. The van der Waals surface area contributed by atoms with E-state index in [0.29, 0.717) is 23.5 Å². The molecule has 39 heavy (non-hydrogen) atoms. The molecule has 0 radical (unpaired) electrons. The van der Waals surface area contributed by atoms with Crippen LogP contribution in [0, 0.1) is 11.3 Å². The lowest BCUT2D eigenvalue weighted by molar-refractivity contribution is -0.137. The standard InChI is InChI=1S/C29H29F3N6O/c1-2-22-19-37(26(39)20-36-13-11-35(12-14-36)18-21-7-4-3-5-8-21)28-24(16-33)17-34-38(28)27(22)23-9-6-10-25(15-23)29(30,31)32/h3-10,15,17H,2,11-14,18-20H2,1H3. The van der Waals surface area contributed by atoms with E-state index in [0.717, 1.165) is 50.4 Å². The molecule has 0 bridgehead atoms. The third-order valence-electron chi connectivity index (χ3n) is 7.28. The van der Waals surface area contributed by atoms with Gasteiger partial charge in [0.05, 0.1) is 30.5 Å². The monoisotopic (exact) mass is 534 g/mol. The van der Waals surface area contributed by atoms with Crippen LogP contribution >= 0.6 is 0 Å². The Bertz CT molecular complexity index is 1410. The third kappa shape index (κ3) is 5.60. The topological polar surface area (TPSA) is 68.4 Å². The first-order chi connectivity index (χ1) is 18.8. The molecule has 2 aromatic carbocycles. The Kier molecular flexibility index (Phi) is 7.55. The van der Waals surface area contributed by atoms with Crippen LogP contribution in [0.15, 0.2) is 66.4 Å². The van der Waals surface area contributed by atoms with Gasteiger partial charge in [0.2, 0.25) is 5.91 Å². The van der Waals surface area contributed by atoms with Crippen molar-refractivity contribution in [2.45, 2.75) is 26.1 Å². The number of fused-ring (bicyclic) bond motifs is 1. The number of carbonyl (C=O) groups excluding carboxylic acids is 1. The Morgan fingerprint density at radius 3 is 2.41 bits per heavy atom. The smallest absolute Gasteiger partial charge is 0.297 e. The van der Waals surface area contributed by atoms with E-state index < -0.39 is 11.7 Å². The van der Waals surface area contributed by atoms with Crippen molar-refractivity contribution >= 4 is 17.4 Å². The molecule has 1 aromatic heterocycles. The van der Waals surface area contributed by atoms with E-state index in [9.17, 15) is 23.2 Å². The summed E-state index contributed by atoms with van der Waals surface area (Å²) >= 11 is 0. The quantitative estimate of drug-likeness (QED) is 0.462. The summed E-state index contributed by atoms with van der Waals surface area (Å²) in [5.74, 6) is 0.133. The zero-order valence-electron chi connectivity index (χ0n) is 21.7. The van der Waals surface area contributed by atoms with Crippen molar-refractivity contribution in [3.63, 3.8) is 0 Å². The molecule has 5 rings (SSSR count). The highest BCUT2D eigenvalue weighted by atomic mass is 19.4. The van der Waals surface area contributed by atoms with E-state index in [1.165, 1.54) is 22.5 Å². The summed E-state index contributed by atoms with van der Waals surface area (Å²) in [5, 5.41) is 14.1. The SMILES string of the molecule is CCC1=C(c2cccc(C(F)(F)F)c2)n2ncc(C#N)c2N(C(=O)CN2CCN(Cc3ccccc3)CC2)C1. The van der Waals surface area contributed by atoms with Crippen LogP contribution in [0.25, 0.3) is 5.70 Å². The first kappa shape index (κ1) is 26.7. The number of alkyl halides is 3. The Morgan fingerprint density at radius 1 is 1.03 bits per heavy atom. The van der Waals surface area contributed by atoms with Crippen LogP contribution in [-0.4, -0.2) is 64.8 Å². The number of nitriles is 1. The molecule has 1 fully saturated rings. The molecule has 2 aliphatic heterocycles. The van der Waals surface area contributed by atoms with Crippen molar-refractivity contribution in [3.05, 3.63) is 88.6 Å². The maximum Gasteiger partial charge on any atom is 0.416 e. The second-order valence-electron chi connectivity index (χ2n) is 9.81. The summed E-state index contributed by atoms with van der Waals surface area (Å²) in [6, 6.07) is 17.4. The Morgan fingerprint density at radius 2 is 1.74 bits per heavy atom. The van der Waals surface area contributed by atoms with Gasteiger partial charge in [-0.05, 0) is 29.7 Å². The molecule has 0 saturated carbocycles. The number of carbonyl (C=O) groups is 1. The van der Waals surface area contributed by atoms with Crippen LogP contribution in [0.1, 0.15) is 35.6 Å². The number of amides is 1. The molecule has 7 nitrogen and oxygen atoms in total. The minimum atomic E-state index is -4.49. The minimum Gasteiger partial charge on any atom is -0.297 e. The first-order valence-corrected chi connectivity index (χ1v) is 13.0. The molecular formula is C29H29F3N6O. The van der Waals surface area contributed by atoms with E-state index in [1.807, 2.05) is 25.1 Å². The zero-order chi connectivity index (χ0) is 27.6. The summed E-state index contributed by atoms with van der Waals surface area (Å²) in [6.07, 6.45) is -2.62. The van der Waals surface area contributed by atoms with E-state index >= 15 is 0 Å². The van der Waals surface area contributed by atoms with Gasteiger partial charge in [-0.25, -0.2) is 4.68 Å². The zero-order valence-corrected chi connectivity index (χ0v) is 21.7. The van der Waals surface area contributed by atoms with Crippen LogP contribution in [0.5, 0.6) is 0 Å². The molecular weight excluding hydrogens is 505 g/mol. The number of nitrogens with zero attached hydrogens (tertiary/aromatic N) is 6. The fraction of sp³-hybridized carbons (Fsp3) is 0.345. The van der Waals surface area contributed by atoms with Crippen molar-refractivity contribution in [2.24, 2.45) is 0 Å². The molecule has 3 aromatic rings. The molecule has 1 saturated heterocycles. The van der Waals surface area contributed by atoms with Gasteiger partial charge in [0.15, 0.2) is 5.82 Å². The number of halogens is 3. The summed E-state index contributed by atoms with van der Waals surface area (Å²) in [6.45, 7) is 6.29. The molecule has 0 unspecified atom stereocenters. The molecule has 202 valence electrons. The lowest BCUT2D eigenvalue weighted by Gasteiger charge is -2.37. The largest absolute Gasteiger partial charge is 0.416 e. The molecule has 0 atom stereocenters. The number of rotatable bonds is 6. The summed E-state index contributed by atoms with van der Waals surface area (Å²) < 4.78 is 41.8. The normalized spacial score (nSPS) is 16.7. The van der Waals surface area contributed by atoms with Crippen molar-refractivity contribution in [2.75, 3.05) is 44.2 Å². The van der Waals surface area contributed by atoms with Crippen LogP contribution in [0.3, 0.4) is 0 Å². The Labute approximate surface area is 225 Å². The van der Waals surface area contributed by atoms with Gasteiger partial charge in [0.25, 0.3) is 0 Å². The lowest BCUT2D eigenvalue weighted by Crippen LogP contribution is -2.50. The van der Waals surface area contributed by atoms with Crippen LogP contribution in [0.4, 0.5) is 19.0 Å². The average molecular weight is 535 g/mol. The molecule has 10 heteroatoms. The predicted molar refractivity (Wildman–Crippen MR) is 142 cm³/mol. The molecule has 2 aliphatic rings. The molecule has 0 spiro atoms. The van der Waals surface area contributed by atoms with Crippen molar-refractivity contribution in [1.82, 2.24) is 19.6 Å². The van der Waals surface area contributed by atoms with Gasteiger partial charge < -0.3 is 0 Å². The van der Waals surface area contributed by atoms with Gasteiger partial charge in [-0.1, -0.05) is 49.4 Å². The van der Waals surface area contributed by atoms with Gasteiger partial charge in [0.1, 0.15) is 11.6 Å². The number of hydrogen-bond acceptors (Lipinski definition) is 5.